The van der Waals surface area contributed by atoms with Gasteiger partial charge in [0, 0.05) is 10.9 Å². The van der Waals surface area contributed by atoms with Gasteiger partial charge in [0.1, 0.15) is 12.0 Å². The Bertz CT molecular complexity index is 743. The fourth-order valence-corrected chi connectivity index (χ4v) is 2.95. The van der Waals surface area contributed by atoms with E-state index < -0.39 is 4.92 Å². The van der Waals surface area contributed by atoms with E-state index in [0.717, 1.165) is 10.4 Å². The number of thiophene rings is 1. The Kier molecular flexibility index (Phi) is 4.11. The molecule has 1 N–H and O–H groups in total. The topological polar surface area (TPSA) is 68.1 Å². The number of hydrogen-bond acceptors (Lipinski definition) is 5. The second-order valence-electron chi connectivity index (χ2n) is 4.66. The lowest BCUT2D eigenvalue weighted by atomic mass is 10.1. The number of anilines is 1. The van der Waals surface area contributed by atoms with Crippen LogP contribution in [0.4, 0.5) is 11.5 Å². The van der Waals surface area contributed by atoms with E-state index in [4.69, 9.17) is 0 Å². The van der Waals surface area contributed by atoms with E-state index in [1.165, 1.54) is 12.3 Å². The number of nitrogens with zero attached hydrogens (tertiary/aromatic N) is 2. The first-order valence-electron chi connectivity index (χ1n) is 6.69. The van der Waals surface area contributed by atoms with Crippen molar-refractivity contribution in [3.05, 3.63) is 86.7 Å². The number of nitrogens with one attached hydrogen (secondary N) is 1. The fraction of sp³-hybridized carbons (Fsp3) is 0.0625. The van der Waals surface area contributed by atoms with Gasteiger partial charge in [-0.05, 0) is 23.1 Å². The normalized spacial score (nSPS) is 11.8. The predicted octanol–water partition coefficient (Wildman–Crippen LogP) is 4.25. The average molecular weight is 311 g/mol. The van der Waals surface area contributed by atoms with Crippen LogP contribution in [0.15, 0.2) is 66.2 Å². The molecule has 1 atom stereocenters. The van der Waals surface area contributed by atoms with Gasteiger partial charge < -0.3 is 5.32 Å². The third-order valence-electron chi connectivity index (χ3n) is 3.21. The SMILES string of the molecule is O=[N+]([O-])c1ccc(N[C@@H](c2ccccc2)c2cccs2)nc1. The summed E-state index contributed by atoms with van der Waals surface area (Å²) in [6, 6.07) is 17.1. The lowest BCUT2D eigenvalue weighted by Gasteiger charge is -2.18. The van der Waals surface area contributed by atoms with Gasteiger partial charge in [-0.3, -0.25) is 10.1 Å². The summed E-state index contributed by atoms with van der Waals surface area (Å²) in [5.74, 6) is 0.604. The molecule has 1 aromatic carbocycles. The maximum Gasteiger partial charge on any atom is 0.287 e. The fourth-order valence-electron chi connectivity index (χ4n) is 2.15. The van der Waals surface area contributed by atoms with Crippen LogP contribution in [-0.4, -0.2) is 9.91 Å². The molecule has 3 rings (SSSR count). The predicted molar refractivity (Wildman–Crippen MR) is 87.1 cm³/mol. The van der Waals surface area contributed by atoms with Crippen molar-refractivity contribution in [3.8, 4) is 0 Å². The van der Waals surface area contributed by atoms with Gasteiger partial charge in [0.2, 0.25) is 0 Å². The van der Waals surface area contributed by atoms with E-state index in [-0.39, 0.29) is 11.7 Å². The van der Waals surface area contributed by atoms with Crippen LogP contribution in [0.2, 0.25) is 0 Å². The van der Waals surface area contributed by atoms with Gasteiger partial charge in [-0.25, -0.2) is 4.98 Å². The Morgan fingerprint density at radius 2 is 1.91 bits per heavy atom. The van der Waals surface area contributed by atoms with Gasteiger partial charge >= 0.3 is 0 Å². The Hall–Kier alpha value is -2.73. The van der Waals surface area contributed by atoms with Crippen molar-refractivity contribution in [1.29, 1.82) is 0 Å². The second-order valence-corrected chi connectivity index (χ2v) is 5.64. The maximum atomic E-state index is 10.7. The third-order valence-corrected chi connectivity index (χ3v) is 4.15. The molecule has 0 saturated carbocycles. The number of aromatic nitrogens is 1. The van der Waals surface area contributed by atoms with E-state index in [0.29, 0.717) is 5.82 Å². The van der Waals surface area contributed by atoms with Crippen LogP contribution in [-0.2, 0) is 0 Å². The van der Waals surface area contributed by atoms with E-state index in [9.17, 15) is 10.1 Å². The van der Waals surface area contributed by atoms with Crippen molar-refractivity contribution >= 4 is 22.8 Å². The molecule has 0 aliphatic heterocycles. The highest BCUT2D eigenvalue weighted by Gasteiger charge is 2.16. The monoisotopic (exact) mass is 311 g/mol. The van der Waals surface area contributed by atoms with Gasteiger partial charge in [-0.15, -0.1) is 11.3 Å². The van der Waals surface area contributed by atoms with Crippen molar-refractivity contribution < 1.29 is 4.92 Å². The first-order chi connectivity index (χ1) is 10.7. The van der Waals surface area contributed by atoms with Crippen molar-refractivity contribution in [3.63, 3.8) is 0 Å². The number of pyridine rings is 1. The molecule has 0 aliphatic carbocycles. The summed E-state index contributed by atoms with van der Waals surface area (Å²) < 4.78 is 0. The molecule has 2 aromatic heterocycles. The molecule has 0 radical (unpaired) electrons. The molecule has 6 heteroatoms. The highest BCUT2D eigenvalue weighted by Crippen LogP contribution is 2.29. The lowest BCUT2D eigenvalue weighted by Crippen LogP contribution is -2.11. The summed E-state index contributed by atoms with van der Waals surface area (Å²) in [5, 5.41) is 16.1. The molecular weight excluding hydrogens is 298 g/mol. The Morgan fingerprint density at radius 3 is 2.50 bits per heavy atom. The first kappa shape index (κ1) is 14.2. The van der Waals surface area contributed by atoms with Crippen LogP contribution < -0.4 is 5.32 Å². The van der Waals surface area contributed by atoms with Gasteiger partial charge in [0.15, 0.2) is 0 Å². The second kappa shape index (κ2) is 6.36. The highest BCUT2D eigenvalue weighted by molar-refractivity contribution is 7.10. The molecule has 2 heterocycles. The number of rotatable bonds is 5. The zero-order chi connectivity index (χ0) is 15.4. The summed E-state index contributed by atoms with van der Waals surface area (Å²) in [7, 11) is 0. The zero-order valence-electron chi connectivity index (χ0n) is 11.5. The van der Waals surface area contributed by atoms with Crippen LogP contribution in [0.25, 0.3) is 0 Å². The molecule has 5 nitrogen and oxygen atoms in total. The molecule has 0 unspecified atom stereocenters. The quantitative estimate of drug-likeness (QED) is 0.565. The number of nitro groups is 1. The zero-order valence-corrected chi connectivity index (χ0v) is 12.4. The summed E-state index contributed by atoms with van der Waals surface area (Å²) in [6.45, 7) is 0. The van der Waals surface area contributed by atoms with Crippen molar-refractivity contribution in [1.82, 2.24) is 4.98 Å². The molecule has 110 valence electrons. The van der Waals surface area contributed by atoms with Crippen LogP contribution in [0, 0.1) is 10.1 Å². The molecule has 3 aromatic rings. The smallest absolute Gasteiger partial charge is 0.287 e. The minimum absolute atomic E-state index is 0.0158. The molecule has 0 aliphatic rings. The molecule has 0 bridgehead atoms. The molecule has 0 fully saturated rings. The summed E-state index contributed by atoms with van der Waals surface area (Å²) in [6.07, 6.45) is 1.26. The molecular formula is C16H13N3O2S. The third kappa shape index (κ3) is 3.12. The van der Waals surface area contributed by atoms with Crippen molar-refractivity contribution in [2.45, 2.75) is 6.04 Å². The van der Waals surface area contributed by atoms with Gasteiger partial charge in [0.05, 0.1) is 11.0 Å². The largest absolute Gasteiger partial charge is 0.358 e. The van der Waals surface area contributed by atoms with Crippen LogP contribution >= 0.6 is 11.3 Å². The van der Waals surface area contributed by atoms with E-state index >= 15 is 0 Å². The minimum atomic E-state index is -0.454. The van der Waals surface area contributed by atoms with Gasteiger partial charge in [0.25, 0.3) is 5.69 Å². The minimum Gasteiger partial charge on any atom is -0.358 e. The van der Waals surface area contributed by atoms with E-state index in [1.54, 1.807) is 17.4 Å². The summed E-state index contributed by atoms with van der Waals surface area (Å²) in [5.41, 5.74) is 1.10. The van der Waals surface area contributed by atoms with Crippen LogP contribution in [0.1, 0.15) is 16.5 Å². The Balaban J connectivity index is 1.89. The standard InChI is InChI=1S/C16H13N3O2S/c20-19(21)13-8-9-15(17-11-13)18-16(14-7-4-10-22-14)12-5-2-1-3-6-12/h1-11,16H,(H,17,18)/t16-/m0/s1. The Labute approximate surface area is 131 Å². The summed E-state index contributed by atoms with van der Waals surface area (Å²) >= 11 is 1.65. The van der Waals surface area contributed by atoms with Gasteiger partial charge in [-0.2, -0.15) is 0 Å². The van der Waals surface area contributed by atoms with Crippen molar-refractivity contribution in [2.24, 2.45) is 0 Å². The molecule has 0 spiro atoms. The molecule has 0 amide bonds. The highest BCUT2D eigenvalue weighted by atomic mass is 32.1. The molecule has 22 heavy (non-hydrogen) atoms. The maximum absolute atomic E-state index is 10.7. The Morgan fingerprint density at radius 1 is 1.09 bits per heavy atom. The number of benzene rings is 1. The van der Waals surface area contributed by atoms with Crippen LogP contribution in [0.3, 0.4) is 0 Å². The van der Waals surface area contributed by atoms with E-state index in [2.05, 4.69) is 16.4 Å². The first-order valence-corrected chi connectivity index (χ1v) is 7.57. The lowest BCUT2D eigenvalue weighted by molar-refractivity contribution is -0.385. The van der Waals surface area contributed by atoms with E-state index in [1.807, 2.05) is 41.8 Å². The van der Waals surface area contributed by atoms with Gasteiger partial charge in [-0.1, -0.05) is 36.4 Å². The average Bonchev–Trinajstić information content (AvgIpc) is 3.08. The van der Waals surface area contributed by atoms with Crippen molar-refractivity contribution in [2.75, 3.05) is 5.32 Å². The van der Waals surface area contributed by atoms with Crippen LogP contribution in [0.5, 0.6) is 0 Å². The summed E-state index contributed by atoms with van der Waals surface area (Å²) in [4.78, 5) is 15.5. The number of hydrogen-bond donors (Lipinski definition) is 1. The molecule has 0 saturated heterocycles.